The molecule has 5 heteroatoms. The molecule has 0 saturated carbocycles. The van der Waals surface area contributed by atoms with Gasteiger partial charge in [0.15, 0.2) is 0 Å². The Labute approximate surface area is 149 Å². The first kappa shape index (κ1) is 17.2. The Hall–Kier alpha value is -2.58. The van der Waals surface area contributed by atoms with Crippen LogP contribution in [0.2, 0.25) is 0 Å². The van der Waals surface area contributed by atoms with Crippen LogP contribution in [0.3, 0.4) is 0 Å². The highest BCUT2D eigenvalue weighted by Crippen LogP contribution is 2.18. The molecule has 1 aromatic heterocycles. The van der Waals surface area contributed by atoms with E-state index < -0.39 is 0 Å². The van der Waals surface area contributed by atoms with Crippen molar-refractivity contribution < 1.29 is 4.79 Å². The van der Waals surface area contributed by atoms with Gasteiger partial charge in [0.2, 0.25) is 5.91 Å². The van der Waals surface area contributed by atoms with Gasteiger partial charge in [-0.05, 0) is 31.0 Å². The lowest BCUT2D eigenvalue weighted by Crippen LogP contribution is -2.49. The van der Waals surface area contributed by atoms with Crippen molar-refractivity contribution in [3.8, 4) is 6.07 Å². The van der Waals surface area contributed by atoms with Crippen LogP contribution in [0.15, 0.2) is 30.3 Å². The fourth-order valence-electron chi connectivity index (χ4n) is 3.24. The van der Waals surface area contributed by atoms with Gasteiger partial charge in [-0.25, -0.2) is 0 Å². The quantitative estimate of drug-likeness (QED) is 0.861. The van der Waals surface area contributed by atoms with Crippen molar-refractivity contribution in [2.24, 2.45) is 7.05 Å². The molecule has 1 aliphatic heterocycles. The summed E-state index contributed by atoms with van der Waals surface area (Å²) < 4.78 is 1.91. The lowest BCUT2D eigenvalue weighted by molar-refractivity contribution is -0.136. The highest BCUT2D eigenvalue weighted by atomic mass is 16.2. The van der Waals surface area contributed by atoms with Crippen molar-refractivity contribution in [1.29, 1.82) is 5.26 Å². The molecule has 130 valence electrons. The minimum absolute atomic E-state index is 0.168. The van der Waals surface area contributed by atoms with Gasteiger partial charge in [0, 0.05) is 38.9 Å². The Morgan fingerprint density at radius 2 is 1.84 bits per heavy atom. The lowest BCUT2D eigenvalue weighted by atomic mass is 10.1. The molecule has 1 aliphatic rings. The maximum atomic E-state index is 12.5. The molecule has 3 rings (SSSR count). The highest BCUT2D eigenvalue weighted by Gasteiger charge is 2.24. The lowest BCUT2D eigenvalue weighted by Gasteiger charge is -2.34. The fraction of sp³-hybridized carbons (Fsp3) is 0.400. The first-order valence-electron chi connectivity index (χ1n) is 8.59. The standard InChI is InChI=1S/C20H24N4O/c1-15-4-6-17(7-5-15)12-24-9-8-23(14-20(24)25)13-18-10-19(11-21)22(3)16(18)2/h4-7,10H,8-9,12-14H2,1-3H3. The van der Waals surface area contributed by atoms with Gasteiger partial charge in [0.05, 0.1) is 6.54 Å². The average Bonchev–Trinajstić information content (AvgIpc) is 2.87. The molecule has 2 heterocycles. The van der Waals surface area contributed by atoms with E-state index in [1.54, 1.807) is 0 Å². The second-order valence-electron chi connectivity index (χ2n) is 6.82. The predicted octanol–water partition coefficient (Wildman–Crippen LogP) is 2.36. The fourth-order valence-corrected chi connectivity index (χ4v) is 3.24. The number of piperazine rings is 1. The third-order valence-corrected chi connectivity index (χ3v) is 5.04. The Bertz CT molecular complexity index is 813. The Morgan fingerprint density at radius 3 is 2.44 bits per heavy atom. The predicted molar refractivity (Wildman–Crippen MR) is 96.7 cm³/mol. The SMILES string of the molecule is Cc1ccc(CN2CCN(Cc3cc(C#N)n(C)c3C)CC2=O)cc1. The molecule has 0 aliphatic carbocycles. The van der Waals surface area contributed by atoms with Gasteiger partial charge < -0.3 is 9.47 Å². The number of amides is 1. The number of rotatable bonds is 4. The monoisotopic (exact) mass is 336 g/mol. The van der Waals surface area contributed by atoms with Gasteiger partial charge in [0.25, 0.3) is 0 Å². The summed E-state index contributed by atoms with van der Waals surface area (Å²) in [5, 5.41) is 9.15. The van der Waals surface area contributed by atoms with E-state index in [0.29, 0.717) is 25.3 Å². The Kier molecular flexibility index (Phi) is 4.91. The van der Waals surface area contributed by atoms with E-state index in [1.165, 1.54) is 11.1 Å². The van der Waals surface area contributed by atoms with Gasteiger partial charge in [-0.3, -0.25) is 9.69 Å². The number of aromatic nitrogens is 1. The molecule has 2 aromatic rings. The van der Waals surface area contributed by atoms with Crippen LogP contribution in [-0.4, -0.2) is 39.9 Å². The number of benzene rings is 1. The number of carbonyl (C=O) groups excluding carboxylic acids is 1. The van der Waals surface area contributed by atoms with Crippen LogP contribution < -0.4 is 0 Å². The van der Waals surface area contributed by atoms with Crippen molar-refractivity contribution in [2.75, 3.05) is 19.6 Å². The van der Waals surface area contributed by atoms with Crippen LogP contribution in [0.4, 0.5) is 0 Å². The minimum atomic E-state index is 0.168. The average molecular weight is 336 g/mol. The van der Waals surface area contributed by atoms with Gasteiger partial charge in [-0.2, -0.15) is 5.26 Å². The smallest absolute Gasteiger partial charge is 0.237 e. The van der Waals surface area contributed by atoms with Crippen LogP contribution in [0.1, 0.15) is 28.1 Å². The summed E-state index contributed by atoms with van der Waals surface area (Å²) in [6.45, 7) is 7.50. The van der Waals surface area contributed by atoms with Crippen LogP contribution >= 0.6 is 0 Å². The molecule has 1 amide bonds. The van der Waals surface area contributed by atoms with Gasteiger partial charge >= 0.3 is 0 Å². The number of carbonyl (C=O) groups is 1. The first-order chi connectivity index (χ1) is 12.0. The second-order valence-corrected chi connectivity index (χ2v) is 6.82. The zero-order valence-corrected chi connectivity index (χ0v) is 15.1. The third kappa shape index (κ3) is 3.75. The molecule has 1 saturated heterocycles. The van der Waals surface area contributed by atoms with Crippen molar-refractivity contribution in [3.05, 3.63) is 58.4 Å². The molecular formula is C20H24N4O. The molecule has 0 bridgehead atoms. The van der Waals surface area contributed by atoms with Crippen LogP contribution in [0, 0.1) is 25.2 Å². The van der Waals surface area contributed by atoms with E-state index in [1.807, 2.05) is 29.5 Å². The summed E-state index contributed by atoms with van der Waals surface area (Å²) in [6.07, 6.45) is 0. The first-order valence-corrected chi connectivity index (χ1v) is 8.59. The summed E-state index contributed by atoms with van der Waals surface area (Å²) in [4.78, 5) is 16.6. The van der Waals surface area contributed by atoms with E-state index in [4.69, 9.17) is 5.26 Å². The van der Waals surface area contributed by atoms with Crippen LogP contribution in [0.25, 0.3) is 0 Å². The van der Waals surface area contributed by atoms with Gasteiger partial charge in [-0.1, -0.05) is 29.8 Å². The molecule has 25 heavy (non-hydrogen) atoms. The summed E-state index contributed by atoms with van der Waals surface area (Å²) in [6, 6.07) is 12.5. The molecule has 5 nitrogen and oxygen atoms in total. The summed E-state index contributed by atoms with van der Waals surface area (Å²) in [5.41, 5.74) is 5.28. The zero-order valence-electron chi connectivity index (χ0n) is 15.1. The summed E-state index contributed by atoms with van der Waals surface area (Å²) in [5.74, 6) is 0.168. The molecule has 0 radical (unpaired) electrons. The number of nitriles is 1. The van der Waals surface area contributed by atoms with Crippen molar-refractivity contribution in [3.63, 3.8) is 0 Å². The molecule has 0 N–H and O–H groups in total. The van der Waals surface area contributed by atoms with E-state index in [2.05, 4.69) is 42.2 Å². The largest absolute Gasteiger partial charge is 0.340 e. The van der Waals surface area contributed by atoms with Crippen molar-refractivity contribution in [1.82, 2.24) is 14.4 Å². The maximum absolute atomic E-state index is 12.5. The van der Waals surface area contributed by atoms with Gasteiger partial charge in [0.1, 0.15) is 11.8 Å². The molecule has 1 aromatic carbocycles. The third-order valence-electron chi connectivity index (χ3n) is 5.04. The minimum Gasteiger partial charge on any atom is -0.340 e. The van der Waals surface area contributed by atoms with E-state index in [9.17, 15) is 4.79 Å². The van der Waals surface area contributed by atoms with Crippen molar-refractivity contribution in [2.45, 2.75) is 26.9 Å². The number of hydrogen-bond acceptors (Lipinski definition) is 3. The molecular weight excluding hydrogens is 312 g/mol. The topological polar surface area (TPSA) is 52.3 Å². The number of aryl methyl sites for hydroxylation is 1. The van der Waals surface area contributed by atoms with Crippen LogP contribution in [0.5, 0.6) is 0 Å². The van der Waals surface area contributed by atoms with Gasteiger partial charge in [-0.15, -0.1) is 0 Å². The molecule has 0 spiro atoms. The highest BCUT2D eigenvalue weighted by molar-refractivity contribution is 5.79. The van der Waals surface area contributed by atoms with Crippen LogP contribution in [-0.2, 0) is 24.9 Å². The number of hydrogen-bond donors (Lipinski definition) is 0. The van der Waals surface area contributed by atoms with Crippen molar-refractivity contribution >= 4 is 5.91 Å². The maximum Gasteiger partial charge on any atom is 0.237 e. The van der Waals surface area contributed by atoms with E-state index in [-0.39, 0.29) is 5.91 Å². The zero-order chi connectivity index (χ0) is 18.0. The summed E-state index contributed by atoms with van der Waals surface area (Å²) >= 11 is 0. The number of nitrogens with zero attached hydrogens (tertiary/aromatic N) is 4. The van der Waals surface area contributed by atoms with E-state index >= 15 is 0 Å². The molecule has 0 atom stereocenters. The molecule has 1 fully saturated rings. The molecule has 0 unspecified atom stereocenters. The Balaban J connectivity index is 1.61. The second kappa shape index (κ2) is 7.12. The van der Waals surface area contributed by atoms with E-state index in [0.717, 1.165) is 24.3 Å². The Morgan fingerprint density at radius 1 is 1.12 bits per heavy atom. The summed E-state index contributed by atoms with van der Waals surface area (Å²) in [7, 11) is 1.90. The normalized spacial score (nSPS) is 15.4.